The molecule has 2 aromatic rings. The fourth-order valence-electron chi connectivity index (χ4n) is 3.41. The van der Waals surface area contributed by atoms with Crippen LogP contribution in [0.2, 0.25) is 5.02 Å². The normalized spacial score (nSPS) is 18.8. The minimum Gasteiger partial charge on any atom is -0.356 e. The van der Waals surface area contributed by atoms with Crippen molar-refractivity contribution in [3.05, 3.63) is 29.0 Å². The monoisotopic (exact) mass is 348 g/mol. The molecular formula is C18H25ClN4O. The lowest BCUT2D eigenvalue weighted by Gasteiger charge is -2.29. The number of carbonyl (C=O) groups is 1. The van der Waals surface area contributed by atoms with E-state index in [0.717, 1.165) is 29.8 Å². The average Bonchev–Trinajstić information content (AvgIpc) is 2.95. The van der Waals surface area contributed by atoms with E-state index < -0.39 is 0 Å². The number of halogens is 1. The molecule has 1 aliphatic heterocycles. The van der Waals surface area contributed by atoms with Crippen LogP contribution >= 0.6 is 11.6 Å². The Morgan fingerprint density at radius 2 is 2.38 bits per heavy atom. The molecule has 0 unspecified atom stereocenters. The fourth-order valence-corrected chi connectivity index (χ4v) is 3.58. The van der Waals surface area contributed by atoms with Gasteiger partial charge >= 0.3 is 0 Å². The molecular weight excluding hydrogens is 324 g/mol. The van der Waals surface area contributed by atoms with Gasteiger partial charge in [-0.05, 0) is 57.0 Å². The molecule has 1 aromatic carbocycles. The number of likely N-dealkylation sites (tertiary alicyclic amines) is 1. The molecule has 1 amide bonds. The summed E-state index contributed by atoms with van der Waals surface area (Å²) >= 11 is 5.97. The Morgan fingerprint density at radius 3 is 3.21 bits per heavy atom. The number of imidazole rings is 1. The van der Waals surface area contributed by atoms with Crippen LogP contribution in [0.15, 0.2) is 18.2 Å². The zero-order valence-electron chi connectivity index (χ0n) is 14.1. The van der Waals surface area contributed by atoms with E-state index >= 15 is 0 Å². The van der Waals surface area contributed by atoms with Crippen LogP contribution in [0.3, 0.4) is 0 Å². The van der Waals surface area contributed by atoms with Crippen molar-refractivity contribution < 1.29 is 4.79 Å². The topological polar surface area (TPSA) is 61.0 Å². The van der Waals surface area contributed by atoms with E-state index in [1.807, 2.05) is 18.2 Å². The average molecular weight is 349 g/mol. The third-order valence-corrected chi connectivity index (χ3v) is 4.91. The summed E-state index contributed by atoms with van der Waals surface area (Å²) < 4.78 is 0. The number of carbonyl (C=O) groups excluding carboxylic acids is 1. The standard InChI is InChI=1S/C18H25ClN4O/c1-23-10-2-3-13(12-23)4-7-18(24)20-9-8-17-21-15-6-5-14(19)11-16(15)22-17/h5-6,11,13H,2-4,7-10,12H2,1H3,(H,20,24)(H,21,22)/t13-/m1/s1. The molecule has 24 heavy (non-hydrogen) atoms. The van der Waals surface area contributed by atoms with Gasteiger partial charge in [0.15, 0.2) is 0 Å². The molecule has 0 aliphatic carbocycles. The van der Waals surface area contributed by atoms with Gasteiger partial charge in [-0.1, -0.05) is 11.6 Å². The van der Waals surface area contributed by atoms with Gasteiger partial charge in [0, 0.05) is 31.0 Å². The summed E-state index contributed by atoms with van der Waals surface area (Å²) in [5.41, 5.74) is 1.84. The van der Waals surface area contributed by atoms with Gasteiger partial charge in [-0.2, -0.15) is 0 Å². The predicted octanol–water partition coefficient (Wildman–Crippen LogP) is 3.00. The quantitative estimate of drug-likeness (QED) is 0.843. The zero-order valence-corrected chi connectivity index (χ0v) is 14.9. The highest BCUT2D eigenvalue weighted by atomic mass is 35.5. The first-order valence-corrected chi connectivity index (χ1v) is 9.07. The van der Waals surface area contributed by atoms with E-state index in [1.54, 1.807) is 0 Å². The molecule has 0 bridgehead atoms. The van der Waals surface area contributed by atoms with Crippen LogP contribution in [-0.2, 0) is 11.2 Å². The van der Waals surface area contributed by atoms with Gasteiger partial charge in [-0.15, -0.1) is 0 Å². The van der Waals surface area contributed by atoms with Crippen molar-refractivity contribution in [2.24, 2.45) is 5.92 Å². The molecule has 3 rings (SSSR count). The second kappa shape index (κ2) is 7.99. The maximum absolute atomic E-state index is 12.0. The summed E-state index contributed by atoms with van der Waals surface area (Å²) in [7, 11) is 2.16. The molecule has 0 radical (unpaired) electrons. The molecule has 6 heteroatoms. The number of amides is 1. The molecule has 2 N–H and O–H groups in total. The van der Waals surface area contributed by atoms with Crippen molar-refractivity contribution in [2.45, 2.75) is 32.1 Å². The number of hydrogen-bond acceptors (Lipinski definition) is 3. The first kappa shape index (κ1) is 17.2. The predicted molar refractivity (Wildman–Crippen MR) is 97.3 cm³/mol. The van der Waals surface area contributed by atoms with E-state index in [0.29, 0.717) is 30.3 Å². The summed E-state index contributed by atoms with van der Waals surface area (Å²) in [4.78, 5) is 22.1. The lowest BCUT2D eigenvalue weighted by atomic mass is 9.93. The molecule has 2 heterocycles. The van der Waals surface area contributed by atoms with Crippen LogP contribution in [0.25, 0.3) is 11.0 Å². The third kappa shape index (κ3) is 4.71. The maximum atomic E-state index is 12.0. The number of nitrogens with zero attached hydrogens (tertiary/aromatic N) is 2. The number of aromatic nitrogens is 2. The van der Waals surface area contributed by atoms with Crippen molar-refractivity contribution in [3.8, 4) is 0 Å². The van der Waals surface area contributed by atoms with Crippen molar-refractivity contribution in [2.75, 3.05) is 26.7 Å². The second-order valence-corrected chi connectivity index (χ2v) is 7.19. The van der Waals surface area contributed by atoms with Crippen LogP contribution in [0.1, 0.15) is 31.5 Å². The molecule has 0 saturated carbocycles. The summed E-state index contributed by atoms with van der Waals surface area (Å²) in [5.74, 6) is 1.68. The molecule has 130 valence electrons. The molecule has 1 fully saturated rings. The van der Waals surface area contributed by atoms with Crippen molar-refractivity contribution in [1.82, 2.24) is 20.2 Å². The van der Waals surface area contributed by atoms with Gasteiger partial charge in [0.2, 0.25) is 5.91 Å². The van der Waals surface area contributed by atoms with Gasteiger partial charge in [-0.3, -0.25) is 4.79 Å². The zero-order chi connectivity index (χ0) is 16.9. The maximum Gasteiger partial charge on any atom is 0.220 e. The number of H-pyrrole nitrogens is 1. The molecule has 0 spiro atoms. The number of aromatic amines is 1. The highest BCUT2D eigenvalue weighted by Crippen LogP contribution is 2.20. The van der Waals surface area contributed by atoms with Crippen LogP contribution in [0.4, 0.5) is 0 Å². The molecule has 1 aliphatic rings. The summed E-state index contributed by atoms with van der Waals surface area (Å²) in [6, 6.07) is 5.60. The van der Waals surface area contributed by atoms with Crippen LogP contribution in [0, 0.1) is 5.92 Å². The number of nitrogens with one attached hydrogen (secondary N) is 2. The van der Waals surface area contributed by atoms with Gasteiger partial charge < -0.3 is 15.2 Å². The Kier molecular flexibility index (Phi) is 5.74. The Labute approximate surface area is 147 Å². The summed E-state index contributed by atoms with van der Waals surface area (Å²) in [6.45, 7) is 2.91. The largest absolute Gasteiger partial charge is 0.356 e. The first-order valence-electron chi connectivity index (χ1n) is 8.69. The minimum atomic E-state index is 0.141. The van der Waals surface area contributed by atoms with E-state index in [-0.39, 0.29) is 5.91 Å². The molecule has 1 saturated heterocycles. The lowest BCUT2D eigenvalue weighted by Crippen LogP contribution is -2.33. The highest BCUT2D eigenvalue weighted by Gasteiger charge is 2.17. The van der Waals surface area contributed by atoms with Crippen LogP contribution in [-0.4, -0.2) is 47.5 Å². The third-order valence-electron chi connectivity index (χ3n) is 4.68. The Bertz CT molecular complexity index is 699. The minimum absolute atomic E-state index is 0.141. The lowest BCUT2D eigenvalue weighted by molar-refractivity contribution is -0.121. The van der Waals surface area contributed by atoms with Crippen LogP contribution < -0.4 is 5.32 Å². The molecule has 1 atom stereocenters. The highest BCUT2D eigenvalue weighted by molar-refractivity contribution is 6.31. The SMILES string of the molecule is CN1CCC[C@H](CCC(=O)NCCc2nc3ccc(Cl)cc3[nH]2)C1. The smallest absolute Gasteiger partial charge is 0.220 e. The molecule has 5 nitrogen and oxygen atoms in total. The Morgan fingerprint density at radius 1 is 1.50 bits per heavy atom. The van der Waals surface area contributed by atoms with Gasteiger partial charge in [0.25, 0.3) is 0 Å². The Hall–Kier alpha value is -1.59. The van der Waals surface area contributed by atoms with E-state index in [2.05, 4.69) is 27.2 Å². The van der Waals surface area contributed by atoms with E-state index in [4.69, 9.17) is 11.6 Å². The number of fused-ring (bicyclic) bond motifs is 1. The van der Waals surface area contributed by atoms with E-state index in [1.165, 1.54) is 19.4 Å². The van der Waals surface area contributed by atoms with Gasteiger partial charge in [-0.25, -0.2) is 4.98 Å². The first-order chi connectivity index (χ1) is 11.6. The van der Waals surface area contributed by atoms with Crippen molar-refractivity contribution >= 4 is 28.5 Å². The van der Waals surface area contributed by atoms with Gasteiger partial charge in [0.1, 0.15) is 5.82 Å². The summed E-state index contributed by atoms with van der Waals surface area (Å²) in [6.07, 6.45) is 4.80. The van der Waals surface area contributed by atoms with E-state index in [9.17, 15) is 4.79 Å². The number of piperidine rings is 1. The second-order valence-electron chi connectivity index (χ2n) is 6.75. The number of benzene rings is 1. The van der Waals surface area contributed by atoms with Crippen molar-refractivity contribution in [1.29, 1.82) is 0 Å². The Balaban J connectivity index is 1.39. The van der Waals surface area contributed by atoms with Crippen LogP contribution in [0.5, 0.6) is 0 Å². The van der Waals surface area contributed by atoms with Gasteiger partial charge in [0.05, 0.1) is 11.0 Å². The summed E-state index contributed by atoms with van der Waals surface area (Å²) in [5, 5.41) is 3.69. The van der Waals surface area contributed by atoms with Crippen molar-refractivity contribution in [3.63, 3.8) is 0 Å². The number of rotatable bonds is 6. The molecule has 1 aromatic heterocycles. The fraction of sp³-hybridized carbons (Fsp3) is 0.556. The number of hydrogen-bond donors (Lipinski definition) is 2.